The minimum Gasteiger partial charge on any atom is -0.481 e. The number of carboxylic acids is 1. The monoisotopic (exact) mass is 279 g/mol. The van der Waals surface area contributed by atoms with E-state index in [1.54, 1.807) is 6.92 Å². The summed E-state index contributed by atoms with van der Waals surface area (Å²) in [6, 6.07) is 0. The van der Waals surface area contributed by atoms with Gasteiger partial charge in [0.05, 0.1) is 6.54 Å². The molecule has 0 aromatic carbocycles. The minimum atomic E-state index is -4.78. The fraction of sp³-hybridized carbons (Fsp3) is 0.700. The number of hydrogen-bond donors (Lipinski definition) is 1. The number of nitrogens with zero attached hydrogens (tertiary/aromatic N) is 3. The predicted molar refractivity (Wildman–Crippen MR) is 55.1 cm³/mol. The summed E-state index contributed by atoms with van der Waals surface area (Å²) in [5.74, 6) is -1.35. The maximum Gasteiger partial charge on any atom is 0.406 e. The highest BCUT2D eigenvalue weighted by Gasteiger charge is 2.63. The highest BCUT2D eigenvalue weighted by molar-refractivity contribution is 5.76. The van der Waals surface area contributed by atoms with Crippen LogP contribution < -0.4 is 0 Å². The summed E-state index contributed by atoms with van der Waals surface area (Å²) in [6.45, 7) is 1.00. The molecule has 9 heteroatoms. The number of aliphatic carboxylic acids is 1. The summed E-state index contributed by atoms with van der Waals surface area (Å²) >= 11 is 0. The molecule has 1 aromatic heterocycles. The lowest BCUT2D eigenvalue weighted by Gasteiger charge is -2.27. The van der Waals surface area contributed by atoms with Crippen LogP contribution >= 0.6 is 0 Å². The number of rotatable bonds is 3. The lowest BCUT2D eigenvalue weighted by atomic mass is 9.86. The molecule has 2 heterocycles. The van der Waals surface area contributed by atoms with Gasteiger partial charge in [-0.3, -0.25) is 9.69 Å². The number of aryl methyl sites for hydroxylation is 1. The first-order valence-electron chi connectivity index (χ1n) is 5.56. The Morgan fingerprint density at radius 3 is 2.63 bits per heavy atom. The molecule has 1 aromatic rings. The Kier molecular flexibility index (Phi) is 3.25. The van der Waals surface area contributed by atoms with E-state index in [2.05, 4.69) is 10.2 Å². The van der Waals surface area contributed by atoms with Gasteiger partial charge < -0.3 is 9.52 Å². The lowest BCUT2D eigenvalue weighted by Crippen LogP contribution is -2.47. The standard InChI is InChI=1S/C10H12F3N3O3/c1-6-14-15-7(19-6)4-16-3-2-9(5-16,8(17)18)10(11,12)13/h2-5H2,1H3,(H,17,18). The third-order valence-corrected chi connectivity index (χ3v) is 3.23. The number of carboxylic acid groups (broad SMARTS) is 1. The Morgan fingerprint density at radius 2 is 2.21 bits per heavy atom. The SMILES string of the molecule is Cc1nnc(CN2CCC(C(=O)O)(C(F)(F)F)C2)o1. The summed E-state index contributed by atoms with van der Waals surface area (Å²) in [5, 5.41) is 16.1. The first-order valence-corrected chi connectivity index (χ1v) is 5.56. The predicted octanol–water partition coefficient (Wildman–Crippen LogP) is 1.22. The molecular weight excluding hydrogens is 267 g/mol. The van der Waals surface area contributed by atoms with E-state index in [1.165, 1.54) is 4.90 Å². The molecular formula is C10H12F3N3O3. The summed E-state index contributed by atoms with van der Waals surface area (Å²) in [6.07, 6.45) is -5.25. The molecule has 1 aliphatic rings. The van der Waals surface area contributed by atoms with Gasteiger partial charge in [-0.05, 0) is 6.42 Å². The maximum atomic E-state index is 12.9. The summed E-state index contributed by atoms with van der Waals surface area (Å²) in [7, 11) is 0. The Labute approximate surface area is 106 Å². The molecule has 1 N–H and O–H groups in total. The van der Waals surface area contributed by atoms with Crippen LogP contribution in [0.25, 0.3) is 0 Å². The van der Waals surface area contributed by atoms with Crippen LogP contribution in [-0.2, 0) is 11.3 Å². The molecule has 1 fully saturated rings. The fourth-order valence-corrected chi connectivity index (χ4v) is 2.14. The average Bonchev–Trinajstić information content (AvgIpc) is 2.85. The second-order valence-electron chi connectivity index (χ2n) is 4.56. The average molecular weight is 279 g/mol. The number of aromatic nitrogens is 2. The van der Waals surface area contributed by atoms with E-state index < -0.39 is 30.5 Å². The van der Waals surface area contributed by atoms with Crippen molar-refractivity contribution in [1.29, 1.82) is 0 Å². The number of likely N-dealkylation sites (tertiary alicyclic amines) is 1. The first kappa shape index (κ1) is 13.8. The largest absolute Gasteiger partial charge is 0.481 e. The Balaban J connectivity index is 2.11. The van der Waals surface area contributed by atoms with Gasteiger partial charge in [0, 0.05) is 20.0 Å². The van der Waals surface area contributed by atoms with Gasteiger partial charge in [-0.25, -0.2) is 0 Å². The quantitative estimate of drug-likeness (QED) is 0.896. The molecule has 1 saturated heterocycles. The van der Waals surface area contributed by atoms with Crippen LogP contribution in [0.5, 0.6) is 0 Å². The zero-order valence-corrected chi connectivity index (χ0v) is 10.1. The van der Waals surface area contributed by atoms with E-state index in [-0.39, 0.29) is 19.0 Å². The third-order valence-electron chi connectivity index (χ3n) is 3.23. The zero-order chi connectivity index (χ0) is 14.3. The molecule has 0 aliphatic carbocycles. The van der Waals surface area contributed by atoms with E-state index in [9.17, 15) is 18.0 Å². The van der Waals surface area contributed by atoms with Crippen LogP contribution in [0.4, 0.5) is 13.2 Å². The third kappa shape index (κ3) is 2.42. The van der Waals surface area contributed by atoms with Gasteiger partial charge in [0.2, 0.25) is 11.8 Å². The molecule has 0 bridgehead atoms. The second-order valence-corrected chi connectivity index (χ2v) is 4.56. The molecule has 0 spiro atoms. The van der Waals surface area contributed by atoms with Crippen molar-refractivity contribution in [1.82, 2.24) is 15.1 Å². The van der Waals surface area contributed by atoms with Crippen molar-refractivity contribution in [2.45, 2.75) is 26.1 Å². The smallest absolute Gasteiger partial charge is 0.406 e. The number of hydrogen-bond acceptors (Lipinski definition) is 5. The molecule has 6 nitrogen and oxygen atoms in total. The van der Waals surface area contributed by atoms with Gasteiger partial charge in [-0.1, -0.05) is 0 Å². The van der Waals surface area contributed by atoms with Gasteiger partial charge in [-0.2, -0.15) is 13.2 Å². The number of halogens is 3. The summed E-state index contributed by atoms with van der Waals surface area (Å²) in [4.78, 5) is 12.3. The van der Waals surface area contributed by atoms with E-state index in [1.807, 2.05) is 0 Å². The Morgan fingerprint density at radius 1 is 1.53 bits per heavy atom. The van der Waals surface area contributed by atoms with Crippen LogP contribution in [0.2, 0.25) is 0 Å². The van der Waals surface area contributed by atoms with Gasteiger partial charge >= 0.3 is 12.1 Å². The minimum absolute atomic E-state index is 0.0198. The molecule has 2 rings (SSSR count). The maximum absolute atomic E-state index is 12.9. The van der Waals surface area contributed by atoms with Crippen molar-refractivity contribution in [3.63, 3.8) is 0 Å². The Hall–Kier alpha value is -1.64. The summed E-state index contributed by atoms with van der Waals surface area (Å²) < 4.78 is 43.8. The molecule has 0 amide bonds. The first-order chi connectivity index (χ1) is 8.74. The summed E-state index contributed by atoms with van der Waals surface area (Å²) in [5.41, 5.74) is -2.71. The van der Waals surface area contributed by atoms with Crippen molar-refractivity contribution < 1.29 is 27.5 Å². The molecule has 19 heavy (non-hydrogen) atoms. The van der Waals surface area contributed by atoms with Crippen LogP contribution in [0.15, 0.2) is 4.42 Å². The van der Waals surface area contributed by atoms with Crippen molar-refractivity contribution in [2.24, 2.45) is 5.41 Å². The van der Waals surface area contributed by atoms with Crippen LogP contribution in [0.1, 0.15) is 18.2 Å². The highest BCUT2D eigenvalue weighted by atomic mass is 19.4. The highest BCUT2D eigenvalue weighted by Crippen LogP contribution is 2.45. The molecule has 1 aliphatic heterocycles. The van der Waals surface area contributed by atoms with Gasteiger partial charge in [0.1, 0.15) is 0 Å². The van der Waals surface area contributed by atoms with Crippen LogP contribution in [0.3, 0.4) is 0 Å². The topological polar surface area (TPSA) is 79.5 Å². The van der Waals surface area contributed by atoms with Crippen molar-refractivity contribution >= 4 is 5.97 Å². The van der Waals surface area contributed by atoms with Gasteiger partial charge in [0.25, 0.3) is 0 Å². The molecule has 0 radical (unpaired) electrons. The number of carbonyl (C=O) groups is 1. The number of alkyl halides is 3. The van der Waals surface area contributed by atoms with E-state index in [0.29, 0.717) is 5.89 Å². The molecule has 0 saturated carbocycles. The normalized spacial score (nSPS) is 24.8. The fourth-order valence-electron chi connectivity index (χ4n) is 2.14. The molecule has 106 valence electrons. The molecule has 1 unspecified atom stereocenters. The lowest BCUT2D eigenvalue weighted by molar-refractivity contribution is -0.227. The van der Waals surface area contributed by atoms with Crippen molar-refractivity contribution in [3.05, 3.63) is 11.8 Å². The van der Waals surface area contributed by atoms with E-state index in [4.69, 9.17) is 9.52 Å². The van der Waals surface area contributed by atoms with Crippen LogP contribution in [-0.4, -0.2) is 45.4 Å². The van der Waals surface area contributed by atoms with Crippen LogP contribution in [0, 0.1) is 12.3 Å². The Bertz CT molecular complexity index is 488. The van der Waals surface area contributed by atoms with Crippen molar-refractivity contribution in [2.75, 3.05) is 13.1 Å². The molecule has 1 atom stereocenters. The van der Waals surface area contributed by atoms with E-state index in [0.717, 1.165) is 0 Å². The van der Waals surface area contributed by atoms with E-state index >= 15 is 0 Å². The zero-order valence-electron chi connectivity index (χ0n) is 10.1. The van der Waals surface area contributed by atoms with Gasteiger partial charge in [-0.15, -0.1) is 10.2 Å². The van der Waals surface area contributed by atoms with Gasteiger partial charge in [0.15, 0.2) is 5.41 Å². The van der Waals surface area contributed by atoms with Crippen molar-refractivity contribution in [3.8, 4) is 0 Å². The second kappa shape index (κ2) is 4.48.